The molecular formula is C24H27NO3. The lowest BCUT2D eigenvalue weighted by Gasteiger charge is -2.16. The molecule has 0 aromatic heterocycles. The van der Waals surface area contributed by atoms with Crippen LogP contribution in [-0.2, 0) is 19.7 Å². The lowest BCUT2D eigenvalue weighted by molar-refractivity contribution is 0.280. The van der Waals surface area contributed by atoms with E-state index in [4.69, 9.17) is 14.2 Å². The summed E-state index contributed by atoms with van der Waals surface area (Å²) in [6.45, 7) is 3.95. The number of para-hydroxylation sites is 2. The maximum atomic E-state index is 6.14. The molecule has 4 heteroatoms. The molecule has 0 radical (unpaired) electrons. The van der Waals surface area contributed by atoms with E-state index in [9.17, 15) is 0 Å². The zero-order valence-corrected chi connectivity index (χ0v) is 16.7. The number of benzene rings is 3. The molecule has 0 unspecified atom stereocenters. The summed E-state index contributed by atoms with van der Waals surface area (Å²) in [5.41, 5.74) is 4.54. The topological polar surface area (TPSA) is 39.7 Å². The van der Waals surface area contributed by atoms with Crippen LogP contribution in [0.15, 0.2) is 66.7 Å². The number of aryl methyl sites for hydroxylation is 1. The van der Waals surface area contributed by atoms with Crippen molar-refractivity contribution in [3.63, 3.8) is 0 Å². The maximum absolute atomic E-state index is 6.14. The first-order chi connectivity index (χ1) is 13.7. The van der Waals surface area contributed by atoms with Gasteiger partial charge < -0.3 is 19.5 Å². The van der Waals surface area contributed by atoms with Crippen molar-refractivity contribution in [2.45, 2.75) is 26.6 Å². The fourth-order valence-electron chi connectivity index (χ4n) is 3.05. The molecule has 3 aromatic rings. The number of hydrogen-bond donors (Lipinski definition) is 1. The second-order valence-electron chi connectivity index (χ2n) is 6.64. The molecule has 0 aliphatic heterocycles. The molecule has 4 nitrogen and oxygen atoms in total. The summed E-state index contributed by atoms with van der Waals surface area (Å²) in [6.07, 6.45) is 0. The SMILES string of the molecule is COc1ccccc1CNCc1cccc(OC)c1OCc1ccc(C)cc1. The van der Waals surface area contributed by atoms with Gasteiger partial charge in [-0.1, -0.05) is 60.2 Å². The normalized spacial score (nSPS) is 10.5. The molecule has 0 aliphatic rings. The van der Waals surface area contributed by atoms with Crippen molar-refractivity contribution in [3.8, 4) is 17.2 Å². The third-order valence-electron chi connectivity index (χ3n) is 4.61. The molecule has 0 bridgehead atoms. The summed E-state index contributed by atoms with van der Waals surface area (Å²) in [6, 6.07) is 22.4. The molecule has 0 spiro atoms. The Morgan fingerprint density at radius 3 is 2.11 bits per heavy atom. The average Bonchev–Trinajstić information content (AvgIpc) is 2.74. The van der Waals surface area contributed by atoms with E-state index in [1.165, 1.54) is 5.56 Å². The van der Waals surface area contributed by atoms with Crippen LogP contribution in [0.1, 0.15) is 22.3 Å². The Labute approximate surface area is 167 Å². The highest BCUT2D eigenvalue weighted by atomic mass is 16.5. The third kappa shape index (κ3) is 5.05. The highest BCUT2D eigenvalue weighted by Gasteiger charge is 2.11. The van der Waals surface area contributed by atoms with Crippen LogP contribution in [0.4, 0.5) is 0 Å². The lowest BCUT2D eigenvalue weighted by atomic mass is 10.1. The Kier molecular flexibility index (Phi) is 6.93. The fraction of sp³-hybridized carbons (Fsp3) is 0.250. The van der Waals surface area contributed by atoms with Crippen molar-refractivity contribution in [2.24, 2.45) is 0 Å². The Morgan fingerprint density at radius 1 is 0.714 bits per heavy atom. The molecule has 0 saturated heterocycles. The zero-order chi connectivity index (χ0) is 19.8. The smallest absolute Gasteiger partial charge is 0.166 e. The van der Waals surface area contributed by atoms with Gasteiger partial charge in [0.2, 0.25) is 0 Å². The fourth-order valence-corrected chi connectivity index (χ4v) is 3.05. The van der Waals surface area contributed by atoms with E-state index in [1.54, 1.807) is 14.2 Å². The Morgan fingerprint density at radius 2 is 1.36 bits per heavy atom. The molecule has 0 amide bonds. The van der Waals surface area contributed by atoms with E-state index in [0.29, 0.717) is 19.7 Å². The molecule has 0 aliphatic carbocycles. The minimum Gasteiger partial charge on any atom is -0.496 e. The first kappa shape index (κ1) is 19.8. The van der Waals surface area contributed by atoms with Gasteiger partial charge in [0.25, 0.3) is 0 Å². The summed E-state index contributed by atoms with van der Waals surface area (Å²) in [5, 5.41) is 3.47. The van der Waals surface area contributed by atoms with Gasteiger partial charge in [-0.15, -0.1) is 0 Å². The number of methoxy groups -OCH3 is 2. The molecule has 28 heavy (non-hydrogen) atoms. The largest absolute Gasteiger partial charge is 0.496 e. The molecule has 1 N–H and O–H groups in total. The molecule has 3 rings (SSSR count). The number of rotatable bonds is 9. The molecule has 3 aromatic carbocycles. The highest BCUT2D eigenvalue weighted by molar-refractivity contribution is 5.47. The van der Waals surface area contributed by atoms with Gasteiger partial charge in [0.05, 0.1) is 14.2 Å². The number of ether oxygens (including phenoxy) is 3. The predicted octanol–water partition coefficient (Wildman–Crippen LogP) is 4.88. The van der Waals surface area contributed by atoms with E-state index < -0.39 is 0 Å². The Hall–Kier alpha value is -2.98. The van der Waals surface area contributed by atoms with Crippen LogP contribution in [0.25, 0.3) is 0 Å². The van der Waals surface area contributed by atoms with Crippen molar-refractivity contribution in [3.05, 3.63) is 89.0 Å². The molecule has 146 valence electrons. The molecular weight excluding hydrogens is 350 g/mol. The van der Waals surface area contributed by atoms with Crippen molar-refractivity contribution in [1.82, 2.24) is 5.32 Å². The molecule has 0 fully saturated rings. The summed E-state index contributed by atoms with van der Waals surface area (Å²) in [5.74, 6) is 2.40. The Bertz CT molecular complexity index is 891. The second-order valence-corrected chi connectivity index (χ2v) is 6.64. The van der Waals surface area contributed by atoms with Crippen LogP contribution >= 0.6 is 0 Å². The van der Waals surface area contributed by atoms with E-state index in [-0.39, 0.29) is 0 Å². The van der Waals surface area contributed by atoms with E-state index >= 15 is 0 Å². The van der Waals surface area contributed by atoms with Crippen LogP contribution in [0.2, 0.25) is 0 Å². The maximum Gasteiger partial charge on any atom is 0.166 e. The van der Waals surface area contributed by atoms with Crippen LogP contribution in [0, 0.1) is 6.92 Å². The minimum atomic E-state index is 0.500. The van der Waals surface area contributed by atoms with Crippen LogP contribution in [-0.4, -0.2) is 14.2 Å². The average molecular weight is 377 g/mol. The Balaban J connectivity index is 1.69. The van der Waals surface area contributed by atoms with Gasteiger partial charge in [0.15, 0.2) is 11.5 Å². The van der Waals surface area contributed by atoms with Gasteiger partial charge in [-0.25, -0.2) is 0 Å². The van der Waals surface area contributed by atoms with Crippen LogP contribution in [0.5, 0.6) is 17.2 Å². The number of nitrogens with one attached hydrogen (secondary N) is 1. The summed E-state index contributed by atoms with van der Waals surface area (Å²) < 4.78 is 17.1. The van der Waals surface area contributed by atoms with Gasteiger partial charge in [0.1, 0.15) is 12.4 Å². The van der Waals surface area contributed by atoms with Gasteiger partial charge >= 0.3 is 0 Å². The van der Waals surface area contributed by atoms with Gasteiger partial charge in [-0.3, -0.25) is 0 Å². The standard InChI is InChI=1S/C24H27NO3/c1-18-11-13-19(14-12-18)17-28-24-21(8-6-10-23(24)27-3)16-25-15-20-7-4-5-9-22(20)26-2/h4-14,25H,15-17H2,1-3H3. The van der Waals surface area contributed by atoms with Crippen molar-refractivity contribution in [2.75, 3.05) is 14.2 Å². The second kappa shape index (κ2) is 9.81. The van der Waals surface area contributed by atoms with E-state index in [2.05, 4.69) is 48.6 Å². The molecule has 0 atom stereocenters. The predicted molar refractivity (Wildman–Crippen MR) is 112 cm³/mol. The van der Waals surface area contributed by atoms with E-state index in [0.717, 1.165) is 33.9 Å². The van der Waals surface area contributed by atoms with Gasteiger partial charge in [-0.05, 0) is 24.6 Å². The monoisotopic (exact) mass is 377 g/mol. The van der Waals surface area contributed by atoms with Crippen molar-refractivity contribution in [1.29, 1.82) is 0 Å². The van der Waals surface area contributed by atoms with Crippen LogP contribution < -0.4 is 19.5 Å². The lowest BCUT2D eigenvalue weighted by Crippen LogP contribution is -2.14. The number of hydrogen-bond acceptors (Lipinski definition) is 4. The highest BCUT2D eigenvalue weighted by Crippen LogP contribution is 2.32. The van der Waals surface area contributed by atoms with Gasteiger partial charge in [-0.2, -0.15) is 0 Å². The molecule has 0 saturated carbocycles. The quantitative estimate of drug-likeness (QED) is 0.577. The van der Waals surface area contributed by atoms with E-state index in [1.807, 2.05) is 30.3 Å². The van der Waals surface area contributed by atoms with Crippen molar-refractivity contribution < 1.29 is 14.2 Å². The summed E-state index contributed by atoms with van der Waals surface area (Å²) >= 11 is 0. The third-order valence-corrected chi connectivity index (χ3v) is 4.61. The summed E-state index contributed by atoms with van der Waals surface area (Å²) in [4.78, 5) is 0. The first-order valence-corrected chi connectivity index (χ1v) is 9.38. The zero-order valence-electron chi connectivity index (χ0n) is 16.7. The summed E-state index contributed by atoms with van der Waals surface area (Å²) in [7, 11) is 3.36. The molecule has 0 heterocycles. The van der Waals surface area contributed by atoms with Gasteiger partial charge in [0, 0.05) is 24.2 Å². The van der Waals surface area contributed by atoms with Crippen LogP contribution in [0.3, 0.4) is 0 Å². The first-order valence-electron chi connectivity index (χ1n) is 9.38. The minimum absolute atomic E-state index is 0.500. The van der Waals surface area contributed by atoms with Crippen molar-refractivity contribution >= 4 is 0 Å².